The molecule has 0 atom stereocenters. The van der Waals surface area contributed by atoms with E-state index in [2.05, 4.69) is 17.4 Å². The van der Waals surface area contributed by atoms with Gasteiger partial charge >= 0.3 is 0 Å². The summed E-state index contributed by atoms with van der Waals surface area (Å²) in [4.78, 5) is 11.7. The summed E-state index contributed by atoms with van der Waals surface area (Å²) in [7, 11) is 0. The second-order valence-electron chi connectivity index (χ2n) is 4.66. The van der Waals surface area contributed by atoms with Crippen LogP contribution in [0.15, 0.2) is 47.6 Å². The van der Waals surface area contributed by atoms with Gasteiger partial charge in [0.15, 0.2) is 12.4 Å². The molecule has 0 saturated heterocycles. The first-order valence-corrected chi connectivity index (χ1v) is 6.54. The Morgan fingerprint density at radius 3 is 2.71 bits per heavy atom. The zero-order valence-corrected chi connectivity index (χ0v) is 12.1. The predicted octanol–water partition coefficient (Wildman–Crippen LogP) is 2.57. The first kappa shape index (κ1) is 14.7. The Bertz CT molecular complexity index is 633. The summed E-state index contributed by atoms with van der Waals surface area (Å²) < 4.78 is 10.6. The van der Waals surface area contributed by atoms with E-state index < -0.39 is 0 Å². The van der Waals surface area contributed by atoms with Gasteiger partial charge in [-0.15, -0.1) is 0 Å². The molecule has 5 heteroatoms. The zero-order chi connectivity index (χ0) is 15.2. The molecule has 0 aliphatic carbocycles. The highest BCUT2D eigenvalue weighted by Gasteiger charge is 2.05. The topological polar surface area (TPSA) is 63.5 Å². The van der Waals surface area contributed by atoms with Crippen LogP contribution in [0.4, 0.5) is 0 Å². The number of amides is 1. The molecule has 1 aromatic heterocycles. The van der Waals surface area contributed by atoms with Crippen molar-refractivity contribution in [3.05, 3.63) is 60.1 Å². The third kappa shape index (κ3) is 4.14. The lowest BCUT2D eigenvalue weighted by atomic mass is 10.1. The first-order valence-electron chi connectivity index (χ1n) is 6.54. The lowest BCUT2D eigenvalue weighted by Crippen LogP contribution is -2.38. The molecule has 2 aromatic rings. The molecule has 0 radical (unpaired) electrons. The Kier molecular flexibility index (Phi) is 4.66. The number of hydrazine groups is 1. The van der Waals surface area contributed by atoms with Gasteiger partial charge in [0.2, 0.25) is 0 Å². The van der Waals surface area contributed by atoms with Gasteiger partial charge in [0.25, 0.3) is 5.91 Å². The third-order valence-corrected chi connectivity index (χ3v) is 3.02. The van der Waals surface area contributed by atoms with Crippen LogP contribution in [0.1, 0.15) is 16.9 Å². The fourth-order valence-electron chi connectivity index (χ4n) is 1.65. The SMILES string of the molecule is C=C(NNC(=O)COc1ccc(C)c(C)c1)c1ccco1. The maximum atomic E-state index is 11.7. The second-order valence-corrected chi connectivity index (χ2v) is 4.66. The van der Waals surface area contributed by atoms with E-state index in [9.17, 15) is 4.79 Å². The Morgan fingerprint density at radius 2 is 2.05 bits per heavy atom. The molecule has 1 amide bonds. The average molecular weight is 286 g/mol. The third-order valence-electron chi connectivity index (χ3n) is 3.02. The number of ether oxygens (including phenoxy) is 1. The molecular formula is C16H18N2O3. The number of aryl methyl sites for hydroxylation is 2. The van der Waals surface area contributed by atoms with Gasteiger partial charge in [-0.25, -0.2) is 0 Å². The molecule has 0 bridgehead atoms. The van der Waals surface area contributed by atoms with Crippen LogP contribution in [-0.2, 0) is 4.79 Å². The van der Waals surface area contributed by atoms with Crippen LogP contribution >= 0.6 is 0 Å². The number of carbonyl (C=O) groups excluding carboxylic acids is 1. The number of benzene rings is 1. The van der Waals surface area contributed by atoms with Crippen LogP contribution in [0.3, 0.4) is 0 Å². The quantitative estimate of drug-likeness (QED) is 0.801. The minimum Gasteiger partial charge on any atom is -0.484 e. The Hall–Kier alpha value is -2.69. The molecule has 110 valence electrons. The van der Waals surface area contributed by atoms with Crippen LogP contribution in [0.2, 0.25) is 0 Å². The van der Waals surface area contributed by atoms with E-state index in [1.54, 1.807) is 12.1 Å². The summed E-state index contributed by atoms with van der Waals surface area (Å²) in [5, 5.41) is 0. The van der Waals surface area contributed by atoms with Crippen molar-refractivity contribution in [3.63, 3.8) is 0 Å². The molecule has 0 unspecified atom stereocenters. The molecule has 0 spiro atoms. The van der Waals surface area contributed by atoms with Gasteiger partial charge in [0.05, 0.1) is 12.0 Å². The van der Waals surface area contributed by atoms with Gasteiger partial charge in [0.1, 0.15) is 5.75 Å². The molecular weight excluding hydrogens is 268 g/mol. The zero-order valence-electron chi connectivity index (χ0n) is 12.1. The molecule has 2 rings (SSSR count). The van der Waals surface area contributed by atoms with Crippen LogP contribution in [-0.4, -0.2) is 12.5 Å². The highest BCUT2D eigenvalue weighted by Crippen LogP contribution is 2.16. The average Bonchev–Trinajstić information content (AvgIpc) is 3.00. The van der Waals surface area contributed by atoms with E-state index in [1.807, 2.05) is 32.0 Å². The van der Waals surface area contributed by atoms with Gasteiger partial charge in [-0.3, -0.25) is 15.6 Å². The molecule has 1 aromatic carbocycles. The number of carbonyl (C=O) groups is 1. The molecule has 0 fully saturated rings. The maximum Gasteiger partial charge on any atom is 0.276 e. The minimum absolute atomic E-state index is 0.0824. The van der Waals surface area contributed by atoms with Gasteiger partial charge in [0, 0.05) is 0 Å². The van der Waals surface area contributed by atoms with E-state index in [4.69, 9.17) is 9.15 Å². The molecule has 0 aliphatic rings. The highest BCUT2D eigenvalue weighted by atomic mass is 16.5. The highest BCUT2D eigenvalue weighted by molar-refractivity contribution is 5.78. The van der Waals surface area contributed by atoms with E-state index in [-0.39, 0.29) is 12.5 Å². The van der Waals surface area contributed by atoms with Crippen LogP contribution in [0.5, 0.6) is 5.75 Å². The van der Waals surface area contributed by atoms with Crippen molar-refractivity contribution in [1.29, 1.82) is 0 Å². The van der Waals surface area contributed by atoms with E-state index in [0.29, 0.717) is 17.2 Å². The number of furan rings is 1. The van der Waals surface area contributed by atoms with E-state index in [1.165, 1.54) is 11.8 Å². The van der Waals surface area contributed by atoms with Gasteiger partial charge in [-0.05, 0) is 49.2 Å². The smallest absolute Gasteiger partial charge is 0.276 e. The second kappa shape index (κ2) is 6.65. The van der Waals surface area contributed by atoms with E-state index >= 15 is 0 Å². The lowest BCUT2D eigenvalue weighted by Gasteiger charge is -2.11. The standard InChI is InChI=1S/C16H18N2O3/c1-11-6-7-14(9-12(11)2)21-10-16(19)18-17-13(3)15-5-4-8-20-15/h4-9,17H,3,10H2,1-2H3,(H,18,19). The van der Waals surface area contributed by atoms with Crippen LogP contribution < -0.4 is 15.6 Å². The minimum atomic E-state index is -0.305. The Morgan fingerprint density at radius 1 is 1.24 bits per heavy atom. The Balaban J connectivity index is 1.77. The fourth-order valence-corrected chi connectivity index (χ4v) is 1.65. The van der Waals surface area contributed by atoms with Crippen molar-refractivity contribution < 1.29 is 13.9 Å². The summed E-state index contributed by atoms with van der Waals surface area (Å²) in [5.74, 6) is 0.921. The van der Waals surface area contributed by atoms with E-state index in [0.717, 1.165) is 5.56 Å². The van der Waals surface area contributed by atoms with Crippen molar-refractivity contribution in [1.82, 2.24) is 10.9 Å². The largest absolute Gasteiger partial charge is 0.484 e. The summed E-state index contributed by atoms with van der Waals surface area (Å²) in [6, 6.07) is 9.18. The van der Waals surface area contributed by atoms with Crippen molar-refractivity contribution in [2.45, 2.75) is 13.8 Å². The molecule has 21 heavy (non-hydrogen) atoms. The molecule has 0 saturated carbocycles. The fraction of sp³-hybridized carbons (Fsp3) is 0.188. The van der Waals surface area contributed by atoms with Crippen molar-refractivity contribution in [3.8, 4) is 5.75 Å². The van der Waals surface area contributed by atoms with Gasteiger partial charge in [-0.2, -0.15) is 0 Å². The lowest BCUT2D eigenvalue weighted by molar-refractivity contribution is -0.123. The predicted molar refractivity (Wildman–Crippen MR) is 80.4 cm³/mol. The summed E-state index contributed by atoms with van der Waals surface area (Å²) in [6.45, 7) is 7.69. The van der Waals surface area contributed by atoms with Crippen molar-refractivity contribution >= 4 is 11.6 Å². The number of rotatable bonds is 6. The maximum absolute atomic E-state index is 11.7. The van der Waals surface area contributed by atoms with Gasteiger partial charge in [-0.1, -0.05) is 12.6 Å². The molecule has 0 aliphatic heterocycles. The number of nitrogens with one attached hydrogen (secondary N) is 2. The van der Waals surface area contributed by atoms with Crippen LogP contribution in [0, 0.1) is 13.8 Å². The Labute approximate surface area is 123 Å². The van der Waals surface area contributed by atoms with Gasteiger partial charge < -0.3 is 9.15 Å². The molecule has 2 N–H and O–H groups in total. The van der Waals surface area contributed by atoms with Crippen LogP contribution in [0.25, 0.3) is 5.70 Å². The van der Waals surface area contributed by atoms with Crippen molar-refractivity contribution in [2.24, 2.45) is 0 Å². The molecule has 1 heterocycles. The monoisotopic (exact) mass is 286 g/mol. The number of hydrogen-bond donors (Lipinski definition) is 2. The summed E-state index contributed by atoms with van der Waals surface area (Å²) >= 11 is 0. The normalized spacial score (nSPS) is 10.0. The summed E-state index contributed by atoms with van der Waals surface area (Å²) in [5.41, 5.74) is 7.95. The number of hydrogen-bond acceptors (Lipinski definition) is 4. The summed E-state index contributed by atoms with van der Waals surface area (Å²) in [6.07, 6.45) is 1.53. The molecule has 5 nitrogen and oxygen atoms in total. The van der Waals surface area contributed by atoms with Crippen molar-refractivity contribution in [2.75, 3.05) is 6.61 Å². The first-order chi connectivity index (χ1) is 10.1.